The Morgan fingerprint density at radius 3 is 3.03 bits per heavy atom. The largest absolute Gasteiger partial charge is 0.383 e. The first-order chi connectivity index (χ1) is 14.8. The third kappa shape index (κ3) is 3.92. The molecule has 0 radical (unpaired) electrons. The zero-order chi connectivity index (χ0) is 20.3. The van der Waals surface area contributed by atoms with Gasteiger partial charge in [-0.05, 0) is 36.3 Å². The Balaban J connectivity index is 1.32. The molecule has 0 spiro atoms. The predicted molar refractivity (Wildman–Crippen MR) is 112 cm³/mol. The van der Waals surface area contributed by atoms with Gasteiger partial charge in [0.15, 0.2) is 0 Å². The van der Waals surface area contributed by atoms with Crippen LogP contribution < -0.4 is 15.8 Å². The fourth-order valence-corrected chi connectivity index (χ4v) is 4.57. The van der Waals surface area contributed by atoms with Gasteiger partial charge < -0.3 is 19.8 Å². The number of morpholine rings is 1. The number of nitrogens with one attached hydrogen (secondary N) is 2. The third-order valence-electron chi connectivity index (χ3n) is 6.27. The average Bonchev–Trinajstić information content (AvgIpc) is 3.45. The molecule has 2 aliphatic heterocycles. The summed E-state index contributed by atoms with van der Waals surface area (Å²) in [5.41, 5.74) is 11.9. The van der Waals surface area contributed by atoms with Crippen molar-refractivity contribution in [2.75, 3.05) is 44.9 Å². The van der Waals surface area contributed by atoms with Crippen molar-refractivity contribution in [2.24, 2.45) is 0 Å². The van der Waals surface area contributed by atoms with E-state index in [-0.39, 0.29) is 6.04 Å². The van der Waals surface area contributed by atoms with E-state index in [0.717, 1.165) is 63.6 Å². The summed E-state index contributed by atoms with van der Waals surface area (Å²) >= 11 is 0. The van der Waals surface area contributed by atoms with E-state index < -0.39 is 0 Å². The first-order valence-corrected chi connectivity index (χ1v) is 10.7. The number of nitrogens with zero attached hydrogens (tertiary/aromatic N) is 5. The molecule has 9 nitrogen and oxygen atoms in total. The van der Waals surface area contributed by atoms with Gasteiger partial charge in [0, 0.05) is 38.2 Å². The molecule has 9 heteroatoms. The number of hydrazine groups is 1. The molecule has 5 rings (SSSR count). The molecule has 2 atom stereocenters. The number of ether oxygens (including phenoxy) is 2. The Labute approximate surface area is 176 Å². The molecule has 2 aromatic heterocycles. The van der Waals surface area contributed by atoms with Gasteiger partial charge in [-0.3, -0.25) is 4.68 Å². The van der Waals surface area contributed by atoms with Crippen molar-refractivity contribution in [3.8, 4) is 0 Å². The highest BCUT2D eigenvalue weighted by Crippen LogP contribution is 2.42. The van der Waals surface area contributed by atoms with Crippen molar-refractivity contribution in [1.29, 1.82) is 0 Å². The molecular weight excluding hydrogens is 382 g/mol. The topological polar surface area (TPSA) is 89.4 Å². The highest BCUT2D eigenvalue weighted by Gasteiger charge is 2.34. The number of hydrogen-bond donors (Lipinski definition) is 2. The summed E-state index contributed by atoms with van der Waals surface area (Å²) in [6, 6.07) is 2.20. The van der Waals surface area contributed by atoms with E-state index in [9.17, 15) is 0 Å². The summed E-state index contributed by atoms with van der Waals surface area (Å²) in [4.78, 5) is 11.4. The van der Waals surface area contributed by atoms with Crippen LogP contribution in [0.4, 0.5) is 5.82 Å². The Morgan fingerprint density at radius 2 is 2.17 bits per heavy atom. The minimum absolute atomic E-state index is 0.0779. The quantitative estimate of drug-likeness (QED) is 0.740. The van der Waals surface area contributed by atoms with Crippen molar-refractivity contribution in [3.63, 3.8) is 0 Å². The summed E-state index contributed by atoms with van der Waals surface area (Å²) in [5.74, 6) is 1.45. The highest BCUT2D eigenvalue weighted by atomic mass is 16.5. The van der Waals surface area contributed by atoms with Gasteiger partial charge in [0.2, 0.25) is 0 Å². The van der Waals surface area contributed by atoms with E-state index in [1.54, 1.807) is 13.4 Å². The van der Waals surface area contributed by atoms with Gasteiger partial charge in [0.1, 0.15) is 12.1 Å². The average molecular weight is 412 g/mol. The smallest absolute Gasteiger partial charge is 0.132 e. The number of rotatable bonds is 6. The molecular formula is C21H29N7O2. The monoisotopic (exact) mass is 411 g/mol. The van der Waals surface area contributed by atoms with Crippen LogP contribution in [0.1, 0.15) is 42.5 Å². The van der Waals surface area contributed by atoms with E-state index in [1.165, 1.54) is 16.8 Å². The Morgan fingerprint density at radius 1 is 1.27 bits per heavy atom. The Kier molecular flexibility index (Phi) is 5.65. The molecule has 2 aromatic rings. The second-order valence-electron chi connectivity index (χ2n) is 8.08. The molecule has 2 N–H and O–H groups in total. The number of methoxy groups -OCH3 is 1. The SMILES string of the molecule is COCCn1cc([C@H]2CCC3=C(C2)[C@H](c2cc(N4CCOCC4)ncn2)NN3)cn1. The van der Waals surface area contributed by atoms with Crippen LogP contribution in [0.2, 0.25) is 0 Å². The normalized spacial score (nSPS) is 24.1. The molecule has 0 bridgehead atoms. The highest BCUT2D eigenvalue weighted by molar-refractivity contribution is 5.43. The molecule has 0 saturated carbocycles. The minimum atomic E-state index is 0.0779. The first-order valence-electron chi connectivity index (χ1n) is 10.7. The van der Waals surface area contributed by atoms with Gasteiger partial charge >= 0.3 is 0 Å². The zero-order valence-corrected chi connectivity index (χ0v) is 17.4. The molecule has 1 aliphatic carbocycles. The van der Waals surface area contributed by atoms with E-state index in [2.05, 4.69) is 43.1 Å². The third-order valence-corrected chi connectivity index (χ3v) is 6.27. The van der Waals surface area contributed by atoms with Gasteiger partial charge in [-0.15, -0.1) is 0 Å². The van der Waals surface area contributed by atoms with Crippen LogP contribution in [-0.4, -0.2) is 59.8 Å². The Hall–Kier alpha value is -2.49. The van der Waals surface area contributed by atoms with E-state index in [0.29, 0.717) is 12.5 Å². The molecule has 0 unspecified atom stereocenters. The maximum absolute atomic E-state index is 5.47. The van der Waals surface area contributed by atoms with Crippen LogP contribution in [0.3, 0.4) is 0 Å². The molecule has 3 aliphatic rings. The van der Waals surface area contributed by atoms with Crippen molar-refractivity contribution < 1.29 is 9.47 Å². The minimum Gasteiger partial charge on any atom is -0.383 e. The van der Waals surface area contributed by atoms with Gasteiger partial charge in [-0.25, -0.2) is 15.4 Å². The molecule has 0 amide bonds. The number of aromatic nitrogens is 4. The number of allylic oxidation sites excluding steroid dienone is 1. The summed E-state index contributed by atoms with van der Waals surface area (Å²) in [7, 11) is 1.72. The lowest BCUT2D eigenvalue weighted by Crippen LogP contribution is -2.37. The molecule has 1 fully saturated rings. The summed E-state index contributed by atoms with van der Waals surface area (Å²) < 4.78 is 12.6. The van der Waals surface area contributed by atoms with Crippen LogP contribution in [0, 0.1) is 0 Å². The lowest BCUT2D eigenvalue weighted by atomic mass is 9.81. The maximum atomic E-state index is 5.47. The van der Waals surface area contributed by atoms with Gasteiger partial charge in [0.25, 0.3) is 0 Å². The molecule has 30 heavy (non-hydrogen) atoms. The van der Waals surface area contributed by atoms with Gasteiger partial charge in [0.05, 0.1) is 44.3 Å². The van der Waals surface area contributed by atoms with E-state index >= 15 is 0 Å². The van der Waals surface area contributed by atoms with Crippen LogP contribution in [-0.2, 0) is 16.0 Å². The van der Waals surface area contributed by atoms with Crippen LogP contribution in [0.15, 0.2) is 36.1 Å². The number of hydrogen-bond acceptors (Lipinski definition) is 8. The lowest BCUT2D eigenvalue weighted by Gasteiger charge is -2.28. The fourth-order valence-electron chi connectivity index (χ4n) is 4.57. The molecule has 160 valence electrons. The fraction of sp³-hybridized carbons (Fsp3) is 0.571. The maximum Gasteiger partial charge on any atom is 0.132 e. The lowest BCUT2D eigenvalue weighted by molar-refractivity contribution is 0.122. The molecule has 1 saturated heterocycles. The first kappa shape index (κ1) is 19.5. The van der Waals surface area contributed by atoms with Crippen molar-refractivity contribution >= 4 is 5.82 Å². The summed E-state index contributed by atoms with van der Waals surface area (Å²) in [6.07, 6.45) is 9.03. The number of anilines is 1. The van der Waals surface area contributed by atoms with Crippen LogP contribution in [0.25, 0.3) is 0 Å². The van der Waals surface area contributed by atoms with Crippen molar-refractivity contribution in [3.05, 3.63) is 47.3 Å². The van der Waals surface area contributed by atoms with Crippen molar-refractivity contribution in [1.82, 2.24) is 30.6 Å². The van der Waals surface area contributed by atoms with Crippen molar-refractivity contribution in [2.45, 2.75) is 37.8 Å². The molecule has 4 heterocycles. The van der Waals surface area contributed by atoms with Crippen LogP contribution >= 0.6 is 0 Å². The van der Waals surface area contributed by atoms with Gasteiger partial charge in [-0.2, -0.15) is 5.10 Å². The molecule has 0 aromatic carbocycles. The van der Waals surface area contributed by atoms with Crippen LogP contribution in [0.5, 0.6) is 0 Å². The standard InChI is InChI=1S/C21H29N7O2/c1-29-7-6-28-13-16(12-24-28)15-2-3-18-17(10-15)21(26-25-18)19-11-20(23-14-22-19)27-4-8-30-9-5-27/h11-15,21,25-26H,2-10H2,1H3/t15-,21+/m0/s1. The van der Waals surface area contributed by atoms with E-state index in [1.807, 2.05) is 10.9 Å². The summed E-state index contributed by atoms with van der Waals surface area (Å²) in [6.45, 7) is 4.70. The van der Waals surface area contributed by atoms with Gasteiger partial charge in [-0.1, -0.05) is 0 Å². The second-order valence-corrected chi connectivity index (χ2v) is 8.08. The Bertz CT molecular complexity index is 906. The zero-order valence-electron chi connectivity index (χ0n) is 17.4. The predicted octanol–water partition coefficient (Wildman–Crippen LogP) is 1.53. The summed E-state index contributed by atoms with van der Waals surface area (Å²) in [5, 5.41) is 4.51. The second kappa shape index (κ2) is 8.71. The van der Waals surface area contributed by atoms with E-state index in [4.69, 9.17) is 9.47 Å².